The van der Waals surface area contributed by atoms with Crippen LogP contribution in [-0.2, 0) is 9.53 Å². The molecule has 0 amide bonds. The van der Waals surface area contributed by atoms with Gasteiger partial charge in [-0.05, 0) is 32.1 Å². The normalized spacial score (nSPS) is 12.2. The van der Waals surface area contributed by atoms with E-state index in [4.69, 9.17) is 4.74 Å². The Morgan fingerprint density at radius 2 is 0.893 bits per heavy atom. The maximum Gasteiger partial charge on any atom is 0.306 e. The van der Waals surface area contributed by atoms with Crippen LogP contribution in [0.4, 0.5) is 0 Å². The van der Waals surface area contributed by atoms with Gasteiger partial charge in [0.15, 0.2) is 0 Å². The third-order valence-electron chi connectivity index (χ3n) is 5.79. The molecule has 0 saturated heterocycles. The second-order valence-electron chi connectivity index (χ2n) is 8.74. The molecule has 168 valence electrons. The first-order chi connectivity index (χ1) is 13.7. The highest BCUT2D eigenvalue weighted by Gasteiger charge is 2.14. The Balaban J connectivity index is 3.81. The standard InChI is InChI=1S/C26H52O2/c1-4-7-10-12-13-14-15-16-18-20-23-25(22-19-9-6-3)28-26(27)24-21-17-11-8-5-2/h25H,4-24H2,1-3H3. The number of hydrogen-bond donors (Lipinski definition) is 0. The van der Waals surface area contributed by atoms with E-state index in [-0.39, 0.29) is 12.1 Å². The van der Waals surface area contributed by atoms with Gasteiger partial charge >= 0.3 is 5.97 Å². The van der Waals surface area contributed by atoms with Crippen molar-refractivity contribution in [1.82, 2.24) is 0 Å². The summed E-state index contributed by atoms with van der Waals surface area (Å²) in [4.78, 5) is 12.2. The molecule has 0 fully saturated rings. The first kappa shape index (κ1) is 27.5. The van der Waals surface area contributed by atoms with Gasteiger partial charge in [0.2, 0.25) is 0 Å². The van der Waals surface area contributed by atoms with Crippen molar-refractivity contribution in [3.8, 4) is 0 Å². The van der Waals surface area contributed by atoms with Crippen LogP contribution in [0.5, 0.6) is 0 Å². The average molecular weight is 397 g/mol. The van der Waals surface area contributed by atoms with E-state index in [1.165, 1.54) is 109 Å². The van der Waals surface area contributed by atoms with E-state index in [1.54, 1.807) is 0 Å². The number of rotatable bonds is 22. The molecule has 0 radical (unpaired) electrons. The number of carbonyl (C=O) groups is 1. The van der Waals surface area contributed by atoms with Crippen molar-refractivity contribution in [3.05, 3.63) is 0 Å². The number of carbonyl (C=O) groups excluding carboxylic acids is 1. The molecule has 2 heteroatoms. The van der Waals surface area contributed by atoms with E-state index < -0.39 is 0 Å². The van der Waals surface area contributed by atoms with E-state index in [0.717, 1.165) is 19.3 Å². The Labute approximate surface area is 177 Å². The second kappa shape index (κ2) is 22.8. The Hall–Kier alpha value is -0.530. The molecule has 1 unspecified atom stereocenters. The molecule has 0 rings (SSSR count). The van der Waals surface area contributed by atoms with Gasteiger partial charge in [0.05, 0.1) is 0 Å². The van der Waals surface area contributed by atoms with Crippen LogP contribution in [0, 0.1) is 0 Å². The van der Waals surface area contributed by atoms with Crippen molar-refractivity contribution in [2.75, 3.05) is 0 Å². The lowest BCUT2D eigenvalue weighted by atomic mass is 10.0. The maximum atomic E-state index is 12.2. The zero-order valence-corrected chi connectivity index (χ0v) is 19.7. The van der Waals surface area contributed by atoms with Gasteiger partial charge < -0.3 is 4.74 Å². The average Bonchev–Trinajstić information content (AvgIpc) is 2.69. The van der Waals surface area contributed by atoms with Crippen LogP contribution >= 0.6 is 0 Å². The van der Waals surface area contributed by atoms with Gasteiger partial charge in [-0.25, -0.2) is 0 Å². The van der Waals surface area contributed by atoms with Gasteiger partial charge in [0.25, 0.3) is 0 Å². The molecule has 28 heavy (non-hydrogen) atoms. The zero-order chi connectivity index (χ0) is 20.7. The summed E-state index contributed by atoms with van der Waals surface area (Å²) in [5, 5.41) is 0. The summed E-state index contributed by atoms with van der Waals surface area (Å²) >= 11 is 0. The molecule has 0 aliphatic heterocycles. The quantitative estimate of drug-likeness (QED) is 0.135. The van der Waals surface area contributed by atoms with Crippen LogP contribution in [0.3, 0.4) is 0 Å². The van der Waals surface area contributed by atoms with E-state index in [2.05, 4.69) is 20.8 Å². The van der Waals surface area contributed by atoms with Crippen molar-refractivity contribution < 1.29 is 9.53 Å². The first-order valence-electron chi connectivity index (χ1n) is 12.9. The molecule has 0 bridgehead atoms. The highest BCUT2D eigenvalue weighted by atomic mass is 16.5. The summed E-state index contributed by atoms with van der Waals surface area (Å²) < 4.78 is 5.85. The Morgan fingerprint density at radius 3 is 1.39 bits per heavy atom. The van der Waals surface area contributed by atoms with Crippen LogP contribution < -0.4 is 0 Å². The van der Waals surface area contributed by atoms with E-state index in [9.17, 15) is 4.79 Å². The van der Waals surface area contributed by atoms with Gasteiger partial charge in [0, 0.05) is 6.42 Å². The molecule has 0 aromatic heterocycles. The van der Waals surface area contributed by atoms with E-state index in [1.807, 2.05) is 0 Å². The summed E-state index contributed by atoms with van der Waals surface area (Å²) in [5.41, 5.74) is 0. The van der Waals surface area contributed by atoms with Gasteiger partial charge in [-0.2, -0.15) is 0 Å². The predicted molar refractivity (Wildman–Crippen MR) is 124 cm³/mol. The van der Waals surface area contributed by atoms with Crippen LogP contribution in [-0.4, -0.2) is 12.1 Å². The van der Waals surface area contributed by atoms with E-state index >= 15 is 0 Å². The van der Waals surface area contributed by atoms with Crippen LogP contribution in [0.25, 0.3) is 0 Å². The van der Waals surface area contributed by atoms with Crippen molar-refractivity contribution >= 4 is 5.97 Å². The molecular formula is C26H52O2. The zero-order valence-electron chi connectivity index (χ0n) is 19.7. The van der Waals surface area contributed by atoms with Gasteiger partial charge in [0.1, 0.15) is 6.10 Å². The summed E-state index contributed by atoms with van der Waals surface area (Å²) in [5.74, 6) is 0.0464. The minimum Gasteiger partial charge on any atom is -0.462 e. The van der Waals surface area contributed by atoms with Crippen LogP contribution in [0.1, 0.15) is 156 Å². The van der Waals surface area contributed by atoms with Crippen LogP contribution in [0.15, 0.2) is 0 Å². The van der Waals surface area contributed by atoms with E-state index in [0.29, 0.717) is 6.42 Å². The third kappa shape index (κ3) is 20.2. The number of unbranched alkanes of at least 4 members (excludes halogenated alkanes) is 15. The minimum absolute atomic E-state index is 0.0464. The first-order valence-corrected chi connectivity index (χ1v) is 12.9. The van der Waals surface area contributed by atoms with Crippen molar-refractivity contribution in [1.29, 1.82) is 0 Å². The van der Waals surface area contributed by atoms with Crippen molar-refractivity contribution in [2.45, 2.75) is 162 Å². The molecule has 0 spiro atoms. The Morgan fingerprint density at radius 1 is 0.536 bits per heavy atom. The van der Waals surface area contributed by atoms with Gasteiger partial charge in [-0.15, -0.1) is 0 Å². The molecule has 2 nitrogen and oxygen atoms in total. The molecule has 0 aliphatic rings. The summed E-state index contributed by atoms with van der Waals surface area (Å²) in [6, 6.07) is 0. The fourth-order valence-corrected chi connectivity index (χ4v) is 3.86. The fourth-order valence-electron chi connectivity index (χ4n) is 3.86. The highest BCUT2D eigenvalue weighted by molar-refractivity contribution is 5.69. The van der Waals surface area contributed by atoms with Crippen molar-refractivity contribution in [2.24, 2.45) is 0 Å². The Kier molecular flexibility index (Phi) is 22.3. The maximum absolute atomic E-state index is 12.2. The topological polar surface area (TPSA) is 26.3 Å². The molecule has 1 atom stereocenters. The largest absolute Gasteiger partial charge is 0.462 e. The summed E-state index contributed by atoms with van der Waals surface area (Å²) in [6.07, 6.45) is 26.2. The molecule has 0 aliphatic carbocycles. The monoisotopic (exact) mass is 396 g/mol. The number of hydrogen-bond acceptors (Lipinski definition) is 2. The lowest BCUT2D eigenvalue weighted by Crippen LogP contribution is -2.18. The fraction of sp³-hybridized carbons (Fsp3) is 0.962. The Bertz CT molecular complexity index is 314. The molecular weight excluding hydrogens is 344 g/mol. The molecule has 0 saturated carbocycles. The second-order valence-corrected chi connectivity index (χ2v) is 8.74. The molecule has 0 aromatic carbocycles. The summed E-state index contributed by atoms with van der Waals surface area (Å²) in [7, 11) is 0. The lowest BCUT2D eigenvalue weighted by Gasteiger charge is -2.18. The third-order valence-corrected chi connectivity index (χ3v) is 5.79. The van der Waals surface area contributed by atoms with Crippen molar-refractivity contribution in [3.63, 3.8) is 0 Å². The lowest BCUT2D eigenvalue weighted by molar-refractivity contribution is -0.150. The highest BCUT2D eigenvalue weighted by Crippen LogP contribution is 2.17. The SMILES string of the molecule is CCCCCCCCCCCCC(CCCCC)OC(=O)CCCCCCC. The van der Waals surface area contributed by atoms with Gasteiger partial charge in [-0.1, -0.05) is 117 Å². The smallest absolute Gasteiger partial charge is 0.306 e. The predicted octanol–water partition coefficient (Wildman–Crippen LogP) is 9.15. The minimum atomic E-state index is 0.0464. The van der Waals surface area contributed by atoms with Gasteiger partial charge in [-0.3, -0.25) is 4.79 Å². The van der Waals surface area contributed by atoms with Crippen LogP contribution in [0.2, 0.25) is 0 Å². The number of ether oxygens (including phenoxy) is 1. The molecule has 0 aromatic rings. The molecule has 0 heterocycles. The molecule has 0 N–H and O–H groups in total. The number of esters is 1. The summed E-state index contributed by atoms with van der Waals surface area (Å²) in [6.45, 7) is 6.74.